The number of nitrogens with zero attached hydrogens (tertiary/aromatic N) is 2. The van der Waals surface area contributed by atoms with E-state index in [1.165, 1.54) is 0 Å². The summed E-state index contributed by atoms with van der Waals surface area (Å²) in [6, 6.07) is 0. The predicted molar refractivity (Wildman–Crippen MR) is 75.5 cm³/mol. The van der Waals surface area contributed by atoms with Crippen LogP contribution in [0.5, 0.6) is 0 Å². The Bertz CT molecular complexity index is 368. The van der Waals surface area contributed by atoms with Crippen LogP contribution in [0.15, 0.2) is 4.52 Å². The number of aromatic nitrogens is 2. The maximum Gasteiger partial charge on any atom is 0.227 e. The third-order valence-electron chi connectivity index (χ3n) is 2.49. The van der Waals surface area contributed by atoms with Gasteiger partial charge >= 0.3 is 0 Å². The fourth-order valence-corrected chi connectivity index (χ4v) is 1.41. The lowest BCUT2D eigenvalue weighted by atomic mass is 10.2. The minimum absolute atomic E-state index is 0. The van der Waals surface area contributed by atoms with Crippen molar-refractivity contribution < 1.29 is 9.32 Å². The molecule has 0 radical (unpaired) electrons. The van der Waals surface area contributed by atoms with Gasteiger partial charge in [-0.05, 0) is 20.0 Å². The van der Waals surface area contributed by atoms with Gasteiger partial charge in [-0.2, -0.15) is 4.98 Å². The highest BCUT2D eigenvalue weighted by atomic mass is 35.5. The molecule has 2 N–H and O–H groups in total. The lowest BCUT2D eigenvalue weighted by Gasteiger charge is -2.03. The van der Waals surface area contributed by atoms with Crippen LogP contribution in [0.25, 0.3) is 0 Å². The Labute approximate surface area is 120 Å². The molecule has 0 saturated carbocycles. The van der Waals surface area contributed by atoms with Gasteiger partial charge in [-0.15, -0.1) is 12.4 Å². The molecule has 1 amide bonds. The van der Waals surface area contributed by atoms with E-state index in [0.29, 0.717) is 31.1 Å². The number of aryl methyl sites for hydroxylation is 1. The van der Waals surface area contributed by atoms with E-state index in [9.17, 15) is 4.79 Å². The minimum Gasteiger partial charge on any atom is -0.356 e. The molecule has 0 aliphatic rings. The van der Waals surface area contributed by atoms with Crippen LogP contribution in [0.2, 0.25) is 0 Å². The van der Waals surface area contributed by atoms with Crippen LogP contribution in [-0.2, 0) is 11.2 Å². The van der Waals surface area contributed by atoms with E-state index in [0.717, 1.165) is 13.0 Å². The summed E-state index contributed by atoms with van der Waals surface area (Å²) < 4.78 is 5.07. The highest BCUT2D eigenvalue weighted by molar-refractivity contribution is 5.85. The molecular weight excluding hydrogens is 268 g/mol. The standard InChI is InChI=1S/C12H22N4O2.ClH/c1-9(2)12-15-11(18-16-12)6-5-10(17)14-8-4-7-13-3;/h9,13H,4-8H2,1-3H3,(H,14,17);1H. The average Bonchev–Trinajstić information content (AvgIpc) is 2.81. The predicted octanol–water partition coefficient (Wildman–Crippen LogP) is 1.27. The molecular formula is C12H23ClN4O2. The third kappa shape index (κ3) is 7.12. The van der Waals surface area contributed by atoms with E-state index in [2.05, 4.69) is 20.8 Å². The number of carbonyl (C=O) groups excluding carboxylic acids is 1. The molecule has 0 bridgehead atoms. The molecule has 110 valence electrons. The Balaban J connectivity index is 0.00000324. The summed E-state index contributed by atoms with van der Waals surface area (Å²) in [4.78, 5) is 15.7. The van der Waals surface area contributed by atoms with Gasteiger partial charge in [0.1, 0.15) is 0 Å². The van der Waals surface area contributed by atoms with E-state index in [4.69, 9.17) is 4.52 Å². The highest BCUT2D eigenvalue weighted by Gasteiger charge is 2.10. The molecule has 0 atom stereocenters. The summed E-state index contributed by atoms with van der Waals surface area (Å²) in [5.41, 5.74) is 0. The van der Waals surface area contributed by atoms with Crippen molar-refractivity contribution in [2.75, 3.05) is 20.1 Å². The molecule has 1 heterocycles. The SMILES string of the molecule is CNCCCNC(=O)CCc1nc(C(C)C)no1.Cl. The fraction of sp³-hybridized carbons (Fsp3) is 0.750. The smallest absolute Gasteiger partial charge is 0.227 e. The molecule has 1 aromatic heterocycles. The number of hydrogen-bond donors (Lipinski definition) is 2. The molecule has 1 rings (SSSR count). The zero-order valence-electron chi connectivity index (χ0n) is 11.7. The van der Waals surface area contributed by atoms with E-state index in [1.807, 2.05) is 20.9 Å². The lowest BCUT2D eigenvalue weighted by molar-refractivity contribution is -0.121. The first-order chi connectivity index (χ1) is 8.63. The zero-order valence-corrected chi connectivity index (χ0v) is 12.5. The van der Waals surface area contributed by atoms with Crippen LogP contribution in [0.4, 0.5) is 0 Å². The second-order valence-corrected chi connectivity index (χ2v) is 4.51. The Hall–Kier alpha value is -1.14. The summed E-state index contributed by atoms with van der Waals surface area (Å²) in [5.74, 6) is 1.50. The van der Waals surface area contributed by atoms with Crippen molar-refractivity contribution in [1.29, 1.82) is 0 Å². The summed E-state index contributed by atoms with van der Waals surface area (Å²) in [6.45, 7) is 5.61. The Morgan fingerprint density at radius 1 is 1.37 bits per heavy atom. The molecule has 6 nitrogen and oxygen atoms in total. The van der Waals surface area contributed by atoms with Gasteiger partial charge in [0.2, 0.25) is 11.8 Å². The van der Waals surface area contributed by atoms with Crippen molar-refractivity contribution >= 4 is 18.3 Å². The number of rotatable bonds is 8. The Morgan fingerprint density at radius 2 is 2.11 bits per heavy atom. The van der Waals surface area contributed by atoms with Gasteiger partial charge in [0.15, 0.2) is 5.82 Å². The molecule has 7 heteroatoms. The second-order valence-electron chi connectivity index (χ2n) is 4.51. The van der Waals surface area contributed by atoms with Gasteiger partial charge in [0, 0.05) is 25.3 Å². The van der Waals surface area contributed by atoms with Gasteiger partial charge in [-0.1, -0.05) is 19.0 Å². The third-order valence-corrected chi connectivity index (χ3v) is 2.49. The van der Waals surface area contributed by atoms with Crippen molar-refractivity contribution in [3.63, 3.8) is 0 Å². The number of nitrogens with one attached hydrogen (secondary N) is 2. The first-order valence-electron chi connectivity index (χ1n) is 6.37. The van der Waals surface area contributed by atoms with Crippen molar-refractivity contribution in [3.8, 4) is 0 Å². The first kappa shape index (κ1) is 17.9. The molecule has 0 aliphatic carbocycles. The summed E-state index contributed by atoms with van der Waals surface area (Å²) in [6.07, 6.45) is 1.82. The van der Waals surface area contributed by atoms with Gasteiger partial charge in [0.25, 0.3) is 0 Å². The van der Waals surface area contributed by atoms with E-state index >= 15 is 0 Å². The molecule has 19 heavy (non-hydrogen) atoms. The van der Waals surface area contributed by atoms with Gasteiger partial charge in [-0.3, -0.25) is 4.79 Å². The van der Waals surface area contributed by atoms with Crippen LogP contribution in [0.1, 0.15) is 44.3 Å². The molecule has 0 aliphatic heterocycles. The normalized spacial score (nSPS) is 10.3. The van der Waals surface area contributed by atoms with Gasteiger partial charge in [0.05, 0.1) is 0 Å². The highest BCUT2D eigenvalue weighted by Crippen LogP contribution is 2.10. The summed E-state index contributed by atoms with van der Waals surface area (Å²) >= 11 is 0. The van der Waals surface area contributed by atoms with E-state index in [-0.39, 0.29) is 24.2 Å². The van der Waals surface area contributed by atoms with E-state index in [1.54, 1.807) is 0 Å². The van der Waals surface area contributed by atoms with E-state index < -0.39 is 0 Å². The Kier molecular flexibility index (Phi) is 9.16. The molecule has 1 aromatic rings. The van der Waals surface area contributed by atoms with Crippen LogP contribution in [0.3, 0.4) is 0 Å². The molecule has 0 saturated heterocycles. The van der Waals surface area contributed by atoms with Crippen LogP contribution < -0.4 is 10.6 Å². The van der Waals surface area contributed by atoms with Crippen molar-refractivity contribution in [2.45, 2.75) is 39.0 Å². The lowest BCUT2D eigenvalue weighted by Crippen LogP contribution is -2.26. The van der Waals surface area contributed by atoms with Crippen molar-refractivity contribution in [1.82, 2.24) is 20.8 Å². The quantitative estimate of drug-likeness (QED) is 0.705. The van der Waals surface area contributed by atoms with Crippen LogP contribution >= 0.6 is 12.4 Å². The second kappa shape index (κ2) is 9.75. The van der Waals surface area contributed by atoms with Crippen molar-refractivity contribution in [3.05, 3.63) is 11.7 Å². The fourth-order valence-electron chi connectivity index (χ4n) is 1.41. The average molecular weight is 291 g/mol. The van der Waals surface area contributed by atoms with Crippen LogP contribution in [0, 0.1) is 0 Å². The number of hydrogen-bond acceptors (Lipinski definition) is 5. The molecule has 0 fully saturated rings. The summed E-state index contributed by atoms with van der Waals surface area (Å²) in [5, 5.41) is 9.73. The monoisotopic (exact) mass is 290 g/mol. The van der Waals surface area contributed by atoms with Crippen molar-refractivity contribution in [2.24, 2.45) is 0 Å². The number of carbonyl (C=O) groups is 1. The van der Waals surface area contributed by atoms with Gasteiger partial charge in [-0.25, -0.2) is 0 Å². The number of halogens is 1. The van der Waals surface area contributed by atoms with Crippen LogP contribution in [-0.4, -0.2) is 36.2 Å². The zero-order chi connectivity index (χ0) is 13.4. The molecule has 0 aromatic carbocycles. The maximum absolute atomic E-state index is 11.5. The topological polar surface area (TPSA) is 80.0 Å². The molecule has 0 unspecified atom stereocenters. The first-order valence-corrected chi connectivity index (χ1v) is 6.37. The molecule has 0 spiro atoms. The minimum atomic E-state index is 0. The Morgan fingerprint density at radius 3 is 2.68 bits per heavy atom. The largest absolute Gasteiger partial charge is 0.356 e. The number of amides is 1. The van der Waals surface area contributed by atoms with Gasteiger partial charge < -0.3 is 15.2 Å². The summed E-state index contributed by atoms with van der Waals surface area (Å²) in [7, 11) is 1.89. The maximum atomic E-state index is 11.5.